The normalized spacial score (nSPS) is 50.9. The van der Waals surface area contributed by atoms with Gasteiger partial charge in [0, 0.05) is 0 Å². The molecule has 0 amide bonds. The molecule has 1 aliphatic heterocycles. The molecule has 3 saturated carbocycles. The second-order valence-corrected chi connectivity index (χ2v) is 6.06. The van der Waals surface area contributed by atoms with E-state index in [9.17, 15) is 0 Å². The Balaban J connectivity index is 2.03. The van der Waals surface area contributed by atoms with Crippen LogP contribution in [0.2, 0.25) is 0 Å². The Bertz CT molecular complexity index is 328. The molecule has 1 saturated heterocycles. The molecule has 1 heterocycles. The van der Waals surface area contributed by atoms with E-state index in [4.69, 9.17) is 9.31 Å². The first-order chi connectivity index (χ1) is 6.95. The molecule has 4 rings (SSSR count). The molecule has 0 aromatic rings. The van der Waals surface area contributed by atoms with Gasteiger partial charge in [0.1, 0.15) is 0 Å². The van der Waals surface area contributed by atoms with Gasteiger partial charge < -0.3 is 9.31 Å². The van der Waals surface area contributed by atoms with Crippen LogP contribution in [0.25, 0.3) is 0 Å². The summed E-state index contributed by atoms with van der Waals surface area (Å²) in [6, 6.07) is 0. The van der Waals surface area contributed by atoms with Gasteiger partial charge in [0.25, 0.3) is 0 Å². The molecular formula is C12H19BO2. The minimum atomic E-state index is -0.201. The summed E-state index contributed by atoms with van der Waals surface area (Å²) in [4.78, 5) is 0. The van der Waals surface area contributed by atoms with Crippen molar-refractivity contribution < 1.29 is 9.31 Å². The van der Waals surface area contributed by atoms with Gasteiger partial charge in [-0.1, -0.05) is 19.8 Å². The lowest BCUT2D eigenvalue weighted by atomic mass is 9.41. The summed E-state index contributed by atoms with van der Waals surface area (Å²) in [7, 11) is -0.201. The van der Waals surface area contributed by atoms with Crippen molar-refractivity contribution in [1.29, 1.82) is 0 Å². The summed E-state index contributed by atoms with van der Waals surface area (Å²) in [6.45, 7) is 10.6. The lowest BCUT2D eigenvalue weighted by molar-refractivity contribution is -0.257. The molecule has 0 radical (unpaired) electrons. The zero-order valence-electron chi connectivity index (χ0n) is 9.88. The maximum Gasteiger partial charge on any atom is 0.486 e. The molecule has 2 bridgehead atoms. The first kappa shape index (κ1) is 9.92. The highest BCUT2D eigenvalue weighted by Crippen LogP contribution is 2.70. The summed E-state index contributed by atoms with van der Waals surface area (Å²) in [5.74, 6) is 2.60. The zero-order chi connectivity index (χ0) is 10.9. The quantitative estimate of drug-likeness (QED) is 0.614. The van der Waals surface area contributed by atoms with Crippen molar-refractivity contribution in [2.75, 3.05) is 0 Å². The van der Waals surface area contributed by atoms with Crippen molar-refractivity contribution in [1.82, 2.24) is 0 Å². The third-order valence-electron chi connectivity index (χ3n) is 5.31. The third kappa shape index (κ3) is 0.864. The van der Waals surface area contributed by atoms with Crippen molar-refractivity contribution >= 4 is 7.12 Å². The molecule has 1 spiro atoms. The molecule has 3 unspecified atom stereocenters. The van der Waals surface area contributed by atoms with Gasteiger partial charge in [0.05, 0.1) is 11.2 Å². The van der Waals surface area contributed by atoms with Gasteiger partial charge in [-0.15, -0.1) is 6.58 Å². The van der Waals surface area contributed by atoms with Gasteiger partial charge in [0.15, 0.2) is 0 Å². The van der Waals surface area contributed by atoms with Gasteiger partial charge in [-0.2, -0.15) is 0 Å². The van der Waals surface area contributed by atoms with Crippen LogP contribution in [0.3, 0.4) is 0 Å². The average Bonchev–Trinajstić information content (AvgIpc) is 2.52. The highest BCUT2D eigenvalue weighted by molar-refractivity contribution is 6.51. The van der Waals surface area contributed by atoms with Crippen molar-refractivity contribution in [2.24, 2.45) is 11.3 Å². The molecule has 3 atom stereocenters. The molecule has 3 aliphatic carbocycles. The van der Waals surface area contributed by atoms with Crippen LogP contribution in [0.1, 0.15) is 40.0 Å². The number of rotatable bonds is 1. The van der Waals surface area contributed by atoms with Gasteiger partial charge >= 0.3 is 7.12 Å². The van der Waals surface area contributed by atoms with Gasteiger partial charge in [-0.3, -0.25) is 0 Å². The Hall–Kier alpha value is -0.275. The second-order valence-electron chi connectivity index (χ2n) is 6.06. The first-order valence-electron chi connectivity index (χ1n) is 5.93. The Labute approximate surface area is 92.2 Å². The fourth-order valence-electron chi connectivity index (χ4n) is 4.13. The Morgan fingerprint density at radius 2 is 2.07 bits per heavy atom. The standard InChI is InChI=1S/C12H19BO2/c1-5-13-14-11(4)7-6-9-8-12(11,15-13)10(9,2)3/h5,9H,1,6-8H2,2-4H3. The molecule has 2 nitrogen and oxygen atoms in total. The molecule has 0 N–H and O–H groups in total. The van der Waals surface area contributed by atoms with Gasteiger partial charge in [-0.25, -0.2) is 0 Å². The number of hydrogen-bond donors (Lipinski definition) is 0. The van der Waals surface area contributed by atoms with E-state index in [2.05, 4.69) is 27.4 Å². The zero-order valence-corrected chi connectivity index (χ0v) is 9.88. The predicted molar refractivity (Wildman–Crippen MR) is 60.4 cm³/mol. The molecule has 4 aliphatic rings. The van der Waals surface area contributed by atoms with E-state index in [1.54, 1.807) is 5.98 Å². The van der Waals surface area contributed by atoms with E-state index in [1.807, 2.05) is 0 Å². The van der Waals surface area contributed by atoms with Crippen LogP contribution in [-0.2, 0) is 9.31 Å². The third-order valence-corrected chi connectivity index (χ3v) is 5.31. The van der Waals surface area contributed by atoms with E-state index in [1.165, 1.54) is 12.8 Å². The predicted octanol–water partition coefficient (Wildman–Crippen LogP) is 2.58. The second kappa shape index (κ2) is 2.52. The van der Waals surface area contributed by atoms with Crippen molar-refractivity contribution in [2.45, 2.75) is 51.2 Å². The minimum absolute atomic E-state index is 0.0538. The highest BCUT2D eigenvalue weighted by atomic mass is 16.7. The van der Waals surface area contributed by atoms with E-state index in [-0.39, 0.29) is 23.7 Å². The van der Waals surface area contributed by atoms with Crippen molar-refractivity contribution in [3.05, 3.63) is 12.6 Å². The SMILES string of the molecule is C=CB1OC2(C)CCC3CC2(O1)C3(C)C. The highest BCUT2D eigenvalue weighted by Gasteiger charge is 2.75. The number of fused-ring (bicyclic) bond motifs is 1. The average molecular weight is 206 g/mol. The Kier molecular flexibility index (Phi) is 1.66. The summed E-state index contributed by atoms with van der Waals surface area (Å²) < 4.78 is 12.2. The fraction of sp³-hybridized carbons (Fsp3) is 0.833. The molecule has 0 aromatic heterocycles. The summed E-state index contributed by atoms with van der Waals surface area (Å²) in [5, 5.41) is 0. The fourth-order valence-corrected chi connectivity index (χ4v) is 4.13. The van der Waals surface area contributed by atoms with Gasteiger partial charge in [0.2, 0.25) is 0 Å². The van der Waals surface area contributed by atoms with Crippen LogP contribution in [0, 0.1) is 11.3 Å². The monoisotopic (exact) mass is 206 g/mol. The lowest BCUT2D eigenvalue weighted by Gasteiger charge is -2.68. The van der Waals surface area contributed by atoms with Crippen LogP contribution in [0.5, 0.6) is 0 Å². The topological polar surface area (TPSA) is 18.5 Å². The minimum Gasteiger partial charge on any atom is -0.399 e. The maximum atomic E-state index is 6.15. The summed E-state index contributed by atoms with van der Waals surface area (Å²) in [5.41, 5.74) is 0.115. The Morgan fingerprint density at radius 3 is 2.60 bits per heavy atom. The summed E-state index contributed by atoms with van der Waals surface area (Å²) in [6.07, 6.45) is 3.57. The molecule has 0 aromatic carbocycles. The van der Waals surface area contributed by atoms with Gasteiger partial charge in [-0.05, 0) is 37.5 Å². The number of hydrogen-bond acceptors (Lipinski definition) is 2. The van der Waals surface area contributed by atoms with Crippen LogP contribution in [-0.4, -0.2) is 18.3 Å². The molecule has 4 fully saturated rings. The van der Waals surface area contributed by atoms with Crippen LogP contribution < -0.4 is 0 Å². The summed E-state index contributed by atoms with van der Waals surface area (Å²) >= 11 is 0. The van der Waals surface area contributed by atoms with E-state index in [0.29, 0.717) is 0 Å². The van der Waals surface area contributed by atoms with Crippen molar-refractivity contribution in [3.63, 3.8) is 0 Å². The molecule has 82 valence electrons. The largest absolute Gasteiger partial charge is 0.486 e. The van der Waals surface area contributed by atoms with E-state index < -0.39 is 0 Å². The van der Waals surface area contributed by atoms with E-state index >= 15 is 0 Å². The van der Waals surface area contributed by atoms with Crippen LogP contribution in [0.15, 0.2) is 12.6 Å². The molecule has 3 heteroatoms. The molecule has 15 heavy (non-hydrogen) atoms. The lowest BCUT2D eigenvalue weighted by Crippen LogP contribution is -2.73. The first-order valence-corrected chi connectivity index (χ1v) is 5.93. The molecular weight excluding hydrogens is 187 g/mol. The Morgan fingerprint density at radius 1 is 1.33 bits per heavy atom. The smallest absolute Gasteiger partial charge is 0.399 e. The maximum absolute atomic E-state index is 6.15. The van der Waals surface area contributed by atoms with Crippen LogP contribution >= 0.6 is 0 Å². The van der Waals surface area contributed by atoms with Crippen LogP contribution in [0.4, 0.5) is 0 Å². The van der Waals surface area contributed by atoms with Crippen molar-refractivity contribution in [3.8, 4) is 0 Å². The van der Waals surface area contributed by atoms with E-state index in [0.717, 1.165) is 12.3 Å².